The van der Waals surface area contributed by atoms with E-state index in [1.54, 1.807) is 24.3 Å². The van der Waals surface area contributed by atoms with Crippen LogP contribution in [-0.2, 0) is 19.0 Å². The first kappa shape index (κ1) is 28.9. The summed E-state index contributed by atoms with van der Waals surface area (Å²) in [6.45, 7) is 5.69. The molecule has 0 saturated carbocycles. The number of anilines is 1. The number of carbonyl (C=O) groups excluding carboxylic acids is 2. The van der Waals surface area contributed by atoms with Crippen LogP contribution in [0.3, 0.4) is 0 Å². The Labute approximate surface area is 227 Å². The predicted molar refractivity (Wildman–Crippen MR) is 145 cm³/mol. The Morgan fingerprint density at radius 1 is 0.946 bits per heavy atom. The number of allylic oxidation sites excluding steroid dienone is 4. The molecule has 200 valence electrons. The molecule has 2 heterocycles. The van der Waals surface area contributed by atoms with Crippen molar-refractivity contribution in [3.8, 4) is 5.75 Å². The number of hydrogen-bond donors (Lipinski definition) is 0. The van der Waals surface area contributed by atoms with E-state index in [0.717, 1.165) is 49.2 Å². The fraction of sp³-hybridized carbons (Fsp3) is 0.423. The average Bonchev–Trinajstić information content (AvgIpc) is 3.25. The third-order valence-corrected chi connectivity index (χ3v) is 6.87. The van der Waals surface area contributed by atoms with Crippen LogP contribution in [0.2, 0.25) is 0 Å². The summed E-state index contributed by atoms with van der Waals surface area (Å²) in [6.07, 6.45) is 10.9. The van der Waals surface area contributed by atoms with E-state index in [2.05, 4.69) is 9.37 Å². The molecule has 0 unspecified atom stereocenters. The summed E-state index contributed by atoms with van der Waals surface area (Å²) in [5.41, 5.74) is 1.02. The molecule has 1 aromatic carbocycles. The number of fused-ring (bicyclic) bond motifs is 1. The third kappa shape index (κ3) is 7.42. The minimum absolute atomic E-state index is 0.0977. The van der Waals surface area contributed by atoms with Gasteiger partial charge in [0.1, 0.15) is 5.57 Å². The van der Waals surface area contributed by atoms with Gasteiger partial charge in [0.25, 0.3) is 11.8 Å². The molecule has 0 atom stereocenters. The normalized spacial score (nSPS) is 16.8. The molecule has 1 fully saturated rings. The van der Waals surface area contributed by atoms with Gasteiger partial charge in [0, 0.05) is 37.4 Å². The van der Waals surface area contributed by atoms with Crippen molar-refractivity contribution in [3.05, 3.63) is 60.0 Å². The van der Waals surface area contributed by atoms with Crippen molar-refractivity contribution in [3.63, 3.8) is 0 Å². The number of carbonyl (C=O) groups is 2. The number of benzene rings is 1. The van der Waals surface area contributed by atoms with E-state index in [4.69, 9.17) is 17.0 Å². The molecule has 37 heavy (non-hydrogen) atoms. The van der Waals surface area contributed by atoms with Crippen LogP contribution in [0, 0.1) is 0 Å². The van der Waals surface area contributed by atoms with Crippen LogP contribution in [0.4, 0.5) is 5.69 Å². The van der Waals surface area contributed by atoms with Gasteiger partial charge in [-0.2, -0.15) is 4.33 Å². The second-order valence-electron chi connectivity index (χ2n) is 8.41. The highest BCUT2D eigenvalue weighted by Crippen LogP contribution is 2.38. The Morgan fingerprint density at radius 2 is 1.57 bits per heavy atom. The van der Waals surface area contributed by atoms with Crippen LogP contribution in [0.15, 0.2) is 60.0 Å². The van der Waals surface area contributed by atoms with Gasteiger partial charge in [0.2, 0.25) is 5.88 Å². The quantitative estimate of drug-likeness (QED) is 0.0652. The summed E-state index contributed by atoms with van der Waals surface area (Å²) in [6, 6.07) is 7.68. The van der Waals surface area contributed by atoms with Crippen molar-refractivity contribution < 1.29 is 29.0 Å². The van der Waals surface area contributed by atoms with Crippen LogP contribution in [0.5, 0.6) is 5.75 Å². The molecule has 2 aliphatic heterocycles. The summed E-state index contributed by atoms with van der Waals surface area (Å²) < 4.78 is 10.3. The maximum Gasteiger partial charge on any atom is 0.265 e. The van der Waals surface area contributed by atoms with Crippen LogP contribution in [0.25, 0.3) is 0 Å². The molecule has 0 bridgehead atoms. The molecule has 1 aromatic rings. The molecule has 11 heteroatoms. The Kier molecular flexibility index (Phi) is 11.6. The van der Waals surface area contributed by atoms with Crippen molar-refractivity contribution in [2.45, 2.75) is 46.0 Å². The minimum atomic E-state index is -0.360. The zero-order valence-electron chi connectivity index (χ0n) is 21.1. The number of amides is 2. The fourth-order valence-electron chi connectivity index (χ4n) is 3.90. The molecule has 0 radical (unpaired) electrons. The van der Waals surface area contributed by atoms with Crippen LogP contribution in [-0.4, -0.2) is 52.1 Å². The van der Waals surface area contributed by atoms with Crippen LogP contribution >= 0.6 is 24.3 Å². The maximum absolute atomic E-state index is 13.1. The highest BCUT2D eigenvalue weighted by molar-refractivity contribution is 7.94. The highest BCUT2D eigenvalue weighted by Gasteiger charge is 2.38. The van der Waals surface area contributed by atoms with E-state index >= 15 is 0 Å². The molecule has 0 aromatic heterocycles. The monoisotopic (exact) mass is 546 g/mol. The summed E-state index contributed by atoms with van der Waals surface area (Å²) in [5.74, 6) is 1.18. The highest BCUT2D eigenvalue weighted by atomic mass is 32.2. The predicted octanol–water partition coefficient (Wildman–Crippen LogP) is 4.03. The zero-order chi connectivity index (χ0) is 26.6. The number of thiocarbonyl (C=S) groups is 1. The molecule has 0 N–H and O–H groups in total. The van der Waals surface area contributed by atoms with E-state index in [-0.39, 0.29) is 17.4 Å². The molecule has 2 amide bonds. The van der Waals surface area contributed by atoms with Crippen molar-refractivity contribution in [1.82, 2.24) is 9.80 Å². The second kappa shape index (κ2) is 14.9. The van der Waals surface area contributed by atoms with Gasteiger partial charge in [-0.1, -0.05) is 51.0 Å². The smallest absolute Gasteiger partial charge is 0.265 e. The van der Waals surface area contributed by atoms with Crippen molar-refractivity contribution >= 4 is 46.9 Å². The minimum Gasteiger partial charge on any atom is -0.691 e. The van der Waals surface area contributed by atoms with Crippen molar-refractivity contribution in [2.75, 3.05) is 30.3 Å². The van der Waals surface area contributed by atoms with Crippen LogP contribution in [0.1, 0.15) is 46.0 Å². The molecule has 0 spiro atoms. The first-order chi connectivity index (χ1) is 18.0. The van der Waals surface area contributed by atoms with Gasteiger partial charge in [0.05, 0.1) is 5.69 Å². The topological polar surface area (TPSA) is 94.6 Å². The number of rotatable bonds is 14. The number of unbranched alkanes of at least 4 members (excludes halogenated alkanes) is 2. The van der Waals surface area contributed by atoms with E-state index in [1.807, 2.05) is 43.0 Å². The molecule has 1 saturated heterocycles. The van der Waals surface area contributed by atoms with Gasteiger partial charge in [0.15, 0.2) is 10.9 Å². The lowest BCUT2D eigenvalue weighted by Crippen LogP contribution is -2.56. The largest absolute Gasteiger partial charge is 0.691 e. The Balaban J connectivity index is 1.77. The summed E-state index contributed by atoms with van der Waals surface area (Å²) in [7, 11) is 0. The van der Waals surface area contributed by atoms with Crippen molar-refractivity contribution in [1.29, 1.82) is 0 Å². The second-order valence-corrected chi connectivity index (χ2v) is 9.55. The maximum atomic E-state index is 13.1. The Hall–Kier alpha value is -2.70. The van der Waals surface area contributed by atoms with Gasteiger partial charge in [-0.15, -0.1) is 0 Å². The van der Waals surface area contributed by atoms with Gasteiger partial charge in [-0.25, -0.2) is 0 Å². The lowest BCUT2D eigenvalue weighted by atomic mass is 10.1. The van der Waals surface area contributed by atoms with E-state index in [1.165, 1.54) is 9.80 Å². The lowest BCUT2D eigenvalue weighted by Gasteiger charge is -2.36. The molecular weight excluding hydrogens is 514 g/mol. The molecule has 9 nitrogen and oxygen atoms in total. The Bertz CT molecular complexity index is 1030. The van der Waals surface area contributed by atoms with Crippen LogP contribution < -0.4 is 14.9 Å². The lowest BCUT2D eigenvalue weighted by molar-refractivity contribution is -0.777. The van der Waals surface area contributed by atoms with Gasteiger partial charge >= 0.3 is 0 Å². The molecule has 0 aliphatic carbocycles. The van der Waals surface area contributed by atoms with Crippen molar-refractivity contribution in [2.24, 2.45) is 0 Å². The van der Waals surface area contributed by atoms with Gasteiger partial charge < -0.3 is 14.9 Å². The first-order valence-electron chi connectivity index (χ1n) is 12.4. The number of hydrogen-bond acceptors (Lipinski definition) is 9. The van der Waals surface area contributed by atoms with Gasteiger partial charge in [-0.05, 0) is 55.8 Å². The molecule has 3 rings (SSSR count). The standard InChI is InChI=1S/C26H33N3O6S2/c1-3-5-16-28-24(30)20(25(31)29(26(28)36)17-6-4-2)12-7-10-15-23-27(18-11-19-37-35-34-32)21-13-8-9-14-22(21)33-23/h7-10,12-15,32H,3-6,11,16-19H2,1-2H3/p-1/b10-7+,23-15-. The molecular formula is C26H32N3O6S2-. The first-order valence-corrected chi connectivity index (χ1v) is 13.7. The Morgan fingerprint density at radius 3 is 2.22 bits per heavy atom. The molecule has 2 aliphatic rings. The number of ether oxygens (including phenoxy) is 1. The summed E-state index contributed by atoms with van der Waals surface area (Å²) >= 11 is 6.44. The zero-order valence-corrected chi connectivity index (χ0v) is 22.7. The SMILES string of the molecule is CCCCN1C(=O)C(=C/C=C/C=C2\Oc3ccccc3N2CCCSOO[O-])C(=O)N(CCCC)C1=S. The average molecular weight is 547 g/mol. The fourth-order valence-corrected chi connectivity index (χ4v) is 4.61. The van der Waals surface area contributed by atoms with E-state index in [0.29, 0.717) is 42.8 Å². The summed E-state index contributed by atoms with van der Waals surface area (Å²) in [4.78, 5) is 31.3. The van der Waals surface area contributed by atoms with E-state index < -0.39 is 0 Å². The number of para-hydroxylation sites is 2. The van der Waals surface area contributed by atoms with E-state index in [9.17, 15) is 14.8 Å². The third-order valence-electron chi connectivity index (χ3n) is 5.82. The summed E-state index contributed by atoms with van der Waals surface area (Å²) in [5, 5.41) is 13.6. The number of nitrogens with zero attached hydrogens (tertiary/aromatic N) is 3. The van der Waals surface area contributed by atoms with Gasteiger partial charge in [-0.3, -0.25) is 24.4 Å².